The molecule has 0 aromatic heterocycles. The Morgan fingerprint density at radius 2 is 2.31 bits per heavy atom. The molecule has 4 N–H and O–H groups in total. The minimum atomic E-state index is -0.128. The first kappa shape index (κ1) is 12.5. The Morgan fingerprint density at radius 1 is 1.56 bits per heavy atom. The predicted molar refractivity (Wildman–Crippen MR) is 64.1 cm³/mol. The number of benzene rings is 1. The smallest absolute Gasteiger partial charge is 0.251 e. The van der Waals surface area contributed by atoms with Gasteiger partial charge < -0.3 is 16.2 Å². The molecular weight excluding hydrogens is 204 g/mol. The van der Waals surface area contributed by atoms with Crippen molar-refractivity contribution in [1.29, 1.82) is 0 Å². The van der Waals surface area contributed by atoms with Crippen LogP contribution < -0.4 is 11.1 Å². The van der Waals surface area contributed by atoms with Crippen molar-refractivity contribution in [3.63, 3.8) is 0 Å². The summed E-state index contributed by atoms with van der Waals surface area (Å²) < 4.78 is 0. The van der Waals surface area contributed by atoms with Crippen LogP contribution in [0.2, 0.25) is 0 Å². The predicted octanol–water partition coefficient (Wildman–Crippen LogP) is 1.02. The fraction of sp³-hybridized carbons (Fsp3) is 0.417. The van der Waals surface area contributed by atoms with Gasteiger partial charge in [0.1, 0.15) is 0 Å². The Bertz CT molecular complexity index is 353. The van der Waals surface area contributed by atoms with Gasteiger partial charge >= 0.3 is 0 Å². The highest BCUT2D eigenvalue weighted by Crippen LogP contribution is 2.06. The Labute approximate surface area is 95.5 Å². The van der Waals surface area contributed by atoms with Gasteiger partial charge in [-0.15, -0.1) is 0 Å². The minimum absolute atomic E-state index is 0.128. The van der Waals surface area contributed by atoms with Crippen molar-refractivity contribution in [1.82, 2.24) is 5.32 Å². The van der Waals surface area contributed by atoms with Gasteiger partial charge in [-0.1, -0.05) is 13.0 Å². The summed E-state index contributed by atoms with van der Waals surface area (Å²) in [6, 6.07) is 6.86. The summed E-state index contributed by atoms with van der Waals surface area (Å²) in [4.78, 5) is 11.7. The molecule has 4 nitrogen and oxygen atoms in total. The first-order chi connectivity index (χ1) is 7.63. The summed E-state index contributed by atoms with van der Waals surface area (Å²) >= 11 is 0. The summed E-state index contributed by atoms with van der Waals surface area (Å²) in [6.45, 7) is 2.69. The molecule has 0 aliphatic rings. The number of aliphatic hydroxyl groups is 1. The fourth-order valence-corrected chi connectivity index (χ4v) is 1.37. The number of amides is 1. The number of nitrogens with one attached hydrogen (secondary N) is 1. The van der Waals surface area contributed by atoms with Crippen LogP contribution in [0.1, 0.15) is 23.7 Å². The maximum Gasteiger partial charge on any atom is 0.251 e. The molecule has 0 radical (unpaired) electrons. The van der Waals surface area contributed by atoms with Crippen molar-refractivity contribution >= 4 is 11.6 Å². The highest BCUT2D eigenvalue weighted by atomic mass is 16.3. The van der Waals surface area contributed by atoms with Crippen molar-refractivity contribution in [2.75, 3.05) is 18.9 Å². The van der Waals surface area contributed by atoms with Gasteiger partial charge in [0.2, 0.25) is 0 Å². The molecule has 0 fully saturated rings. The quantitative estimate of drug-likeness (QED) is 0.651. The van der Waals surface area contributed by atoms with E-state index in [0.717, 1.165) is 0 Å². The molecule has 1 aromatic carbocycles. The second kappa shape index (κ2) is 6.12. The second-order valence-corrected chi connectivity index (χ2v) is 3.95. The van der Waals surface area contributed by atoms with Gasteiger partial charge in [0.05, 0.1) is 0 Å². The van der Waals surface area contributed by atoms with E-state index in [1.807, 2.05) is 6.92 Å². The first-order valence-corrected chi connectivity index (χ1v) is 5.38. The summed E-state index contributed by atoms with van der Waals surface area (Å²) in [5.41, 5.74) is 6.73. The lowest BCUT2D eigenvalue weighted by atomic mass is 10.1. The molecule has 0 aliphatic carbocycles. The number of rotatable bonds is 5. The third kappa shape index (κ3) is 3.90. The highest BCUT2D eigenvalue weighted by Gasteiger charge is 2.07. The van der Waals surface area contributed by atoms with E-state index in [-0.39, 0.29) is 18.4 Å². The van der Waals surface area contributed by atoms with Crippen LogP contribution in [0.25, 0.3) is 0 Å². The second-order valence-electron chi connectivity index (χ2n) is 3.95. The monoisotopic (exact) mass is 222 g/mol. The number of anilines is 1. The molecule has 1 amide bonds. The number of nitrogen functional groups attached to an aromatic ring is 1. The molecule has 1 aromatic rings. The molecule has 0 saturated carbocycles. The molecule has 0 saturated heterocycles. The normalized spacial score (nSPS) is 12.1. The van der Waals surface area contributed by atoms with Crippen molar-refractivity contribution < 1.29 is 9.90 Å². The van der Waals surface area contributed by atoms with E-state index in [2.05, 4.69) is 5.32 Å². The van der Waals surface area contributed by atoms with Gasteiger partial charge in [-0.2, -0.15) is 0 Å². The summed E-state index contributed by atoms with van der Waals surface area (Å²) in [5.74, 6) is 0.145. The summed E-state index contributed by atoms with van der Waals surface area (Å²) in [6.07, 6.45) is 0.692. The Morgan fingerprint density at radius 3 is 2.94 bits per heavy atom. The van der Waals surface area contributed by atoms with Crippen molar-refractivity contribution in [2.24, 2.45) is 5.92 Å². The molecule has 1 rings (SSSR count). The molecule has 1 unspecified atom stereocenters. The Balaban J connectivity index is 2.47. The highest BCUT2D eigenvalue weighted by molar-refractivity contribution is 5.94. The molecule has 88 valence electrons. The van der Waals surface area contributed by atoms with E-state index in [1.54, 1.807) is 24.3 Å². The minimum Gasteiger partial charge on any atom is -0.399 e. The van der Waals surface area contributed by atoms with Crippen molar-refractivity contribution in [3.8, 4) is 0 Å². The maximum absolute atomic E-state index is 11.7. The molecule has 0 aliphatic heterocycles. The number of nitrogens with two attached hydrogens (primary N) is 1. The van der Waals surface area contributed by atoms with Crippen LogP contribution in [-0.4, -0.2) is 24.2 Å². The molecule has 0 bridgehead atoms. The molecule has 16 heavy (non-hydrogen) atoms. The topological polar surface area (TPSA) is 75.3 Å². The van der Waals surface area contributed by atoms with Gasteiger partial charge in [0.25, 0.3) is 5.91 Å². The van der Waals surface area contributed by atoms with Crippen LogP contribution in [0.3, 0.4) is 0 Å². The molecule has 0 heterocycles. The third-order valence-electron chi connectivity index (χ3n) is 2.38. The van der Waals surface area contributed by atoms with Crippen LogP contribution in [0, 0.1) is 5.92 Å². The standard InChI is InChI=1S/C12H18N2O2/c1-9(5-6-15)8-14-12(16)10-3-2-4-11(13)7-10/h2-4,7,9,15H,5-6,8,13H2,1H3,(H,14,16). The first-order valence-electron chi connectivity index (χ1n) is 5.38. The molecule has 1 atom stereocenters. The van der Waals surface area contributed by atoms with Crippen LogP contribution in [0.4, 0.5) is 5.69 Å². The SMILES string of the molecule is CC(CCO)CNC(=O)c1cccc(N)c1. The zero-order valence-corrected chi connectivity index (χ0v) is 9.44. The van der Waals surface area contributed by atoms with Gasteiger partial charge in [-0.3, -0.25) is 4.79 Å². The zero-order valence-electron chi connectivity index (χ0n) is 9.44. The largest absolute Gasteiger partial charge is 0.399 e. The number of hydrogen-bond acceptors (Lipinski definition) is 3. The lowest BCUT2D eigenvalue weighted by molar-refractivity contribution is 0.0945. The Kier molecular flexibility index (Phi) is 4.79. The average molecular weight is 222 g/mol. The van der Waals surface area contributed by atoms with Crippen LogP contribution in [-0.2, 0) is 0 Å². The van der Waals surface area contributed by atoms with Crippen molar-refractivity contribution in [3.05, 3.63) is 29.8 Å². The van der Waals surface area contributed by atoms with E-state index >= 15 is 0 Å². The van der Waals surface area contributed by atoms with E-state index < -0.39 is 0 Å². The summed E-state index contributed by atoms with van der Waals surface area (Å²) in [7, 11) is 0. The molecular formula is C12H18N2O2. The zero-order chi connectivity index (χ0) is 12.0. The third-order valence-corrected chi connectivity index (χ3v) is 2.38. The number of hydrogen-bond donors (Lipinski definition) is 3. The fourth-order valence-electron chi connectivity index (χ4n) is 1.37. The molecule has 4 heteroatoms. The van der Waals surface area contributed by atoms with Crippen LogP contribution in [0.5, 0.6) is 0 Å². The van der Waals surface area contributed by atoms with E-state index in [0.29, 0.717) is 24.2 Å². The van der Waals surface area contributed by atoms with Gasteiger partial charge in [0.15, 0.2) is 0 Å². The van der Waals surface area contributed by atoms with E-state index in [1.165, 1.54) is 0 Å². The maximum atomic E-state index is 11.7. The number of carbonyl (C=O) groups excluding carboxylic acids is 1. The number of aliphatic hydroxyl groups excluding tert-OH is 1. The van der Waals surface area contributed by atoms with Gasteiger partial charge in [-0.25, -0.2) is 0 Å². The van der Waals surface area contributed by atoms with E-state index in [4.69, 9.17) is 10.8 Å². The number of carbonyl (C=O) groups is 1. The van der Waals surface area contributed by atoms with E-state index in [9.17, 15) is 4.79 Å². The molecule has 0 spiro atoms. The summed E-state index contributed by atoms with van der Waals surface area (Å²) in [5, 5.41) is 11.5. The lowest BCUT2D eigenvalue weighted by Gasteiger charge is -2.11. The Hall–Kier alpha value is -1.55. The van der Waals surface area contributed by atoms with Gasteiger partial charge in [0, 0.05) is 24.4 Å². The van der Waals surface area contributed by atoms with Crippen LogP contribution in [0.15, 0.2) is 24.3 Å². The van der Waals surface area contributed by atoms with Crippen molar-refractivity contribution in [2.45, 2.75) is 13.3 Å². The van der Waals surface area contributed by atoms with Gasteiger partial charge in [-0.05, 0) is 30.5 Å². The van der Waals surface area contributed by atoms with Crippen LogP contribution >= 0.6 is 0 Å². The lowest BCUT2D eigenvalue weighted by Crippen LogP contribution is -2.28. The average Bonchev–Trinajstić information content (AvgIpc) is 2.26.